The minimum Gasteiger partial charge on any atom is -0.392 e. The normalized spacial score (nSPS) is 15.5. The predicted molar refractivity (Wildman–Crippen MR) is 370 cm³/mol. The van der Waals surface area contributed by atoms with Gasteiger partial charge in [-0.05, 0) is 32.1 Å². The van der Waals surface area contributed by atoms with E-state index in [0.29, 0.717) is 65.7 Å². The summed E-state index contributed by atoms with van der Waals surface area (Å²) in [6.07, 6.45) is 52.9. The molecule has 12 nitrogen and oxygen atoms in total. The highest BCUT2D eigenvalue weighted by molar-refractivity contribution is 4.76. The first kappa shape index (κ1) is 83.5. The third-order valence-electron chi connectivity index (χ3n) is 18.7. The molecule has 12 heteroatoms. The molecule has 0 bridgehead atoms. The van der Waals surface area contributed by atoms with Crippen LogP contribution in [0, 0.1) is 0 Å². The molecule has 0 radical (unpaired) electrons. The van der Waals surface area contributed by atoms with Gasteiger partial charge in [0.25, 0.3) is 0 Å². The zero-order valence-electron chi connectivity index (χ0n) is 58.4. The molecule has 0 aromatic heterocycles. The average Bonchev–Trinajstić information content (AvgIpc) is 3.59. The van der Waals surface area contributed by atoms with Gasteiger partial charge in [0.15, 0.2) is 0 Å². The smallest absolute Gasteiger partial charge is 0.0667 e. The second-order valence-corrected chi connectivity index (χ2v) is 27.3. The number of hydrogen-bond acceptors (Lipinski definition) is 12. The Morgan fingerprint density at radius 1 is 0.256 bits per heavy atom. The monoisotopic (exact) mass is 1220 g/mol. The molecular weight excluding hydrogens is 1070 g/mol. The highest BCUT2D eigenvalue weighted by Crippen LogP contribution is 2.18. The van der Waals surface area contributed by atoms with Gasteiger partial charge in [0.05, 0.1) is 56.9 Å². The van der Waals surface area contributed by atoms with Gasteiger partial charge in [-0.15, -0.1) is 0 Å². The van der Waals surface area contributed by atoms with E-state index in [1.807, 2.05) is 0 Å². The fraction of sp³-hybridized carbons (Fsp3) is 1.00. The Balaban J connectivity index is 2.74. The molecule has 0 amide bonds. The maximum atomic E-state index is 11.4. The quantitative estimate of drug-likeness (QED) is 0.0371. The molecule has 0 saturated carbocycles. The van der Waals surface area contributed by atoms with Crippen molar-refractivity contribution in [3.05, 3.63) is 0 Å². The van der Waals surface area contributed by atoms with Gasteiger partial charge in [0.2, 0.25) is 0 Å². The molecule has 1 rings (SSSR count). The van der Waals surface area contributed by atoms with E-state index in [4.69, 9.17) is 9.47 Å². The highest BCUT2D eigenvalue weighted by atomic mass is 16.5. The molecule has 1 saturated heterocycles. The summed E-state index contributed by atoms with van der Waals surface area (Å²) in [5, 5.41) is 56.0. The Labute approximate surface area is 535 Å². The van der Waals surface area contributed by atoms with Gasteiger partial charge in [-0.1, -0.05) is 291 Å². The van der Waals surface area contributed by atoms with Crippen LogP contribution >= 0.6 is 0 Å². The summed E-state index contributed by atoms with van der Waals surface area (Å²) in [7, 11) is 0. The molecular formula is C74H153N5O7. The van der Waals surface area contributed by atoms with Crippen LogP contribution in [0.2, 0.25) is 0 Å². The summed E-state index contributed by atoms with van der Waals surface area (Å²) >= 11 is 0. The van der Waals surface area contributed by atoms with E-state index in [0.717, 1.165) is 123 Å². The Morgan fingerprint density at radius 2 is 0.465 bits per heavy atom. The summed E-state index contributed by atoms with van der Waals surface area (Å²) in [6, 6.07) is 0. The fourth-order valence-electron chi connectivity index (χ4n) is 12.8. The molecule has 1 aliphatic rings. The standard InChI is InChI=1S/C74H153N5O7/c1-6-11-16-21-26-31-36-41-46-70(80)65-77(58-62-86-64-60-79(68-73(83)49-44-39-34-29-24-19-14-9-4)69-74(84)50-45-40-35-30-25-20-15-10-5)56-55-75-51-53-76(54-52-75)57-61-85-63-59-78(66-71(81)47-42-37-32-27-22-17-12-7-2)67-72(82)48-43-38-33-28-23-18-13-8-3/h70-74,80-84H,6-69H2,1-5H3. The molecule has 0 aromatic carbocycles. The Kier molecular flexibility index (Phi) is 62.8. The Morgan fingerprint density at radius 3 is 0.733 bits per heavy atom. The lowest BCUT2D eigenvalue weighted by Crippen LogP contribution is -2.49. The first-order chi connectivity index (χ1) is 42.1. The molecule has 86 heavy (non-hydrogen) atoms. The molecule has 1 heterocycles. The van der Waals surface area contributed by atoms with E-state index in [1.165, 1.54) is 225 Å². The van der Waals surface area contributed by atoms with Crippen LogP contribution in [0.25, 0.3) is 0 Å². The van der Waals surface area contributed by atoms with E-state index in [9.17, 15) is 25.5 Å². The van der Waals surface area contributed by atoms with Gasteiger partial charge < -0.3 is 35.0 Å². The minimum atomic E-state index is -0.388. The predicted octanol–water partition coefficient (Wildman–Crippen LogP) is 16.0. The third kappa shape index (κ3) is 56.3. The highest BCUT2D eigenvalue weighted by Gasteiger charge is 2.21. The number of nitrogens with zero attached hydrogens (tertiary/aromatic N) is 5. The van der Waals surface area contributed by atoms with Crippen molar-refractivity contribution >= 4 is 0 Å². The van der Waals surface area contributed by atoms with Crippen LogP contribution in [0.4, 0.5) is 0 Å². The maximum absolute atomic E-state index is 11.4. The second kappa shape index (κ2) is 64.6. The van der Waals surface area contributed by atoms with E-state index in [2.05, 4.69) is 59.1 Å². The van der Waals surface area contributed by atoms with Crippen LogP contribution in [0.1, 0.15) is 324 Å². The topological polar surface area (TPSA) is 136 Å². The molecule has 516 valence electrons. The van der Waals surface area contributed by atoms with Crippen LogP contribution in [0.3, 0.4) is 0 Å². The lowest BCUT2D eigenvalue weighted by atomic mass is 10.0. The largest absolute Gasteiger partial charge is 0.392 e. The van der Waals surface area contributed by atoms with Crippen LogP contribution in [-0.4, -0.2) is 205 Å². The summed E-state index contributed by atoms with van der Waals surface area (Å²) in [6.45, 7) is 26.0. The van der Waals surface area contributed by atoms with Gasteiger partial charge in [-0.2, -0.15) is 0 Å². The van der Waals surface area contributed by atoms with Gasteiger partial charge in [0, 0.05) is 98.2 Å². The van der Waals surface area contributed by atoms with Crippen molar-refractivity contribution in [2.75, 3.05) is 125 Å². The van der Waals surface area contributed by atoms with Crippen molar-refractivity contribution < 1.29 is 35.0 Å². The maximum Gasteiger partial charge on any atom is 0.0667 e. The molecule has 1 fully saturated rings. The lowest BCUT2D eigenvalue weighted by Gasteiger charge is -2.36. The van der Waals surface area contributed by atoms with Crippen molar-refractivity contribution in [2.45, 2.75) is 354 Å². The zero-order valence-corrected chi connectivity index (χ0v) is 58.4. The van der Waals surface area contributed by atoms with Crippen LogP contribution in [-0.2, 0) is 9.47 Å². The van der Waals surface area contributed by atoms with Crippen molar-refractivity contribution in [1.29, 1.82) is 0 Å². The summed E-state index contributed by atoms with van der Waals surface area (Å²) in [4.78, 5) is 12.1. The second-order valence-electron chi connectivity index (χ2n) is 27.3. The fourth-order valence-corrected chi connectivity index (χ4v) is 12.8. The van der Waals surface area contributed by atoms with Crippen molar-refractivity contribution in [1.82, 2.24) is 24.5 Å². The number of aliphatic hydroxyl groups excluding tert-OH is 5. The number of ether oxygens (including phenoxy) is 2. The number of unbranched alkanes of at least 4 members (excludes halogenated alkanes) is 35. The first-order valence-electron chi connectivity index (χ1n) is 38.3. The zero-order chi connectivity index (χ0) is 62.4. The number of hydrogen-bond donors (Lipinski definition) is 5. The summed E-state index contributed by atoms with van der Waals surface area (Å²) < 4.78 is 12.7. The number of aliphatic hydroxyl groups is 5. The Hall–Kier alpha value is -0.480. The van der Waals surface area contributed by atoms with Gasteiger partial charge >= 0.3 is 0 Å². The van der Waals surface area contributed by atoms with Gasteiger partial charge in [0.1, 0.15) is 0 Å². The van der Waals surface area contributed by atoms with Crippen LogP contribution in [0.5, 0.6) is 0 Å². The molecule has 5 N–H and O–H groups in total. The van der Waals surface area contributed by atoms with Crippen LogP contribution < -0.4 is 0 Å². The van der Waals surface area contributed by atoms with E-state index in [-0.39, 0.29) is 30.5 Å². The SMILES string of the molecule is CCCCCCCCCCC(O)CN(CCOCCN(CC(O)CCCCCCCCCC)CC(O)CCCCCCCCCC)CCN1CCN(CCOCCN(CC(O)CCCCCCCCCC)CC(O)CCCCCCCCCC)CC1. The molecule has 5 atom stereocenters. The van der Waals surface area contributed by atoms with Crippen molar-refractivity contribution in [2.24, 2.45) is 0 Å². The molecule has 0 aromatic rings. The Bertz CT molecular complexity index is 1260. The summed E-state index contributed by atoms with van der Waals surface area (Å²) in [5.41, 5.74) is 0. The van der Waals surface area contributed by atoms with E-state index < -0.39 is 0 Å². The molecule has 0 spiro atoms. The lowest BCUT2D eigenvalue weighted by molar-refractivity contribution is 0.0257. The number of piperazine rings is 1. The van der Waals surface area contributed by atoms with E-state index in [1.54, 1.807) is 0 Å². The average molecular weight is 1230 g/mol. The third-order valence-corrected chi connectivity index (χ3v) is 18.7. The van der Waals surface area contributed by atoms with Crippen molar-refractivity contribution in [3.8, 4) is 0 Å². The summed E-state index contributed by atoms with van der Waals surface area (Å²) in [5.74, 6) is 0. The number of rotatable bonds is 70. The van der Waals surface area contributed by atoms with Crippen LogP contribution in [0.15, 0.2) is 0 Å². The van der Waals surface area contributed by atoms with Crippen molar-refractivity contribution in [3.63, 3.8) is 0 Å². The van der Waals surface area contributed by atoms with E-state index >= 15 is 0 Å². The molecule has 5 unspecified atom stereocenters. The van der Waals surface area contributed by atoms with Gasteiger partial charge in [-0.3, -0.25) is 24.5 Å². The minimum absolute atomic E-state index is 0.339. The molecule has 1 aliphatic heterocycles. The first-order valence-corrected chi connectivity index (χ1v) is 38.3. The molecule has 0 aliphatic carbocycles. The van der Waals surface area contributed by atoms with Gasteiger partial charge in [-0.25, -0.2) is 0 Å².